The Bertz CT molecular complexity index is 560. The number of carbonyl (C=O) groups is 1. The van der Waals surface area contributed by atoms with E-state index in [9.17, 15) is 4.79 Å². The van der Waals surface area contributed by atoms with Gasteiger partial charge in [0, 0.05) is 24.7 Å². The molecule has 0 radical (unpaired) electrons. The fourth-order valence-electron chi connectivity index (χ4n) is 1.92. The Morgan fingerprint density at radius 2 is 1.53 bits per heavy atom. The van der Waals surface area contributed by atoms with Crippen LogP contribution < -0.4 is 4.90 Å². The Hall–Kier alpha value is -2.35. The van der Waals surface area contributed by atoms with Crippen molar-refractivity contribution in [1.82, 2.24) is 0 Å². The van der Waals surface area contributed by atoms with Crippen molar-refractivity contribution >= 4 is 11.6 Å². The quantitative estimate of drug-likeness (QED) is 0.762. The largest absolute Gasteiger partial charge is 0.312 e. The molecule has 0 atom stereocenters. The Kier molecular flexibility index (Phi) is 4.14. The van der Waals surface area contributed by atoms with Gasteiger partial charge in [-0.05, 0) is 17.7 Å². The number of carbonyl (C=O) groups excluding carboxylic acids is 1. The van der Waals surface area contributed by atoms with Gasteiger partial charge < -0.3 is 4.90 Å². The van der Waals surface area contributed by atoms with Crippen LogP contribution in [0.2, 0.25) is 0 Å². The Morgan fingerprint density at radius 3 is 2.11 bits per heavy atom. The fraction of sp³-hybridized carbons (Fsp3) is 0.118. The molecule has 0 aliphatic heterocycles. The van der Waals surface area contributed by atoms with Crippen LogP contribution in [0.1, 0.15) is 5.56 Å². The molecule has 0 heterocycles. The topological polar surface area (TPSA) is 20.3 Å². The van der Waals surface area contributed by atoms with Crippen LogP contribution in [0.25, 0.3) is 0 Å². The van der Waals surface area contributed by atoms with Gasteiger partial charge >= 0.3 is 0 Å². The van der Waals surface area contributed by atoms with Gasteiger partial charge in [-0.2, -0.15) is 0 Å². The second-order valence-electron chi connectivity index (χ2n) is 4.47. The van der Waals surface area contributed by atoms with Crippen LogP contribution in [-0.4, -0.2) is 13.0 Å². The van der Waals surface area contributed by atoms with Crippen molar-refractivity contribution in [1.29, 1.82) is 0 Å². The van der Waals surface area contributed by atoms with Crippen molar-refractivity contribution in [3.63, 3.8) is 0 Å². The molecule has 0 saturated carbocycles. The van der Waals surface area contributed by atoms with Crippen molar-refractivity contribution in [3.8, 4) is 0 Å². The molecule has 2 aromatic rings. The maximum atomic E-state index is 12.3. The van der Waals surface area contributed by atoms with Gasteiger partial charge in [0.15, 0.2) is 0 Å². The summed E-state index contributed by atoms with van der Waals surface area (Å²) in [5.74, 6) is -0.0462. The first-order valence-electron chi connectivity index (χ1n) is 6.23. The second-order valence-corrected chi connectivity index (χ2v) is 4.47. The van der Waals surface area contributed by atoms with Crippen molar-refractivity contribution in [2.24, 2.45) is 0 Å². The number of rotatable bonds is 4. The lowest BCUT2D eigenvalue weighted by Crippen LogP contribution is -2.28. The Balaban J connectivity index is 2.06. The maximum absolute atomic E-state index is 12.3. The number of benzene rings is 2. The molecule has 0 spiro atoms. The van der Waals surface area contributed by atoms with E-state index in [0.29, 0.717) is 12.0 Å². The SMILES string of the molecule is C=C(Cc1ccccc1)C(=O)N(C)c1ccccc1. The molecule has 2 heteroatoms. The zero-order valence-electron chi connectivity index (χ0n) is 11.0. The maximum Gasteiger partial charge on any atom is 0.253 e. The van der Waals surface area contributed by atoms with Gasteiger partial charge in [-0.15, -0.1) is 0 Å². The number of likely N-dealkylation sites (N-methyl/N-ethyl adjacent to an activating group) is 1. The third-order valence-corrected chi connectivity index (χ3v) is 3.01. The summed E-state index contributed by atoms with van der Waals surface area (Å²) in [6.45, 7) is 3.91. The molecule has 0 bridgehead atoms. The van der Waals surface area contributed by atoms with E-state index in [1.807, 2.05) is 60.7 Å². The van der Waals surface area contributed by atoms with Crippen molar-refractivity contribution in [2.45, 2.75) is 6.42 Å². The standard InChI is InChI=1S/C17H17NO/c1-14(13-15-9-5-3-6-10-15)17(19)18(2)16-11-7-4-8-12-16/h3-12H,1,13H2,2H3. The highest BCUT2D eigenvalue weighted by molar-refractivity contribution is 6.05. The average molecular weight is 251 g/mol. The van der Waals surface area contributed by atoms with E-state index in [0.717, 1.165) is 11.3 Å². The third kappa shape index (κ3) is 3.32. The molecule has 96 valence electrons. The van der Waals surface area contributed by atoms with Crippen LogP contribution in [0.5, 0.6) is 0 Å². The summed E-state index contributed by atoms with van der Waals surface area (Å²) >= 11 is 0. The number of nitrogens with zero attached hydrogens (tertiary/aromatic N) is 1. The van der Waals surface area contributed by atoms with E-state index in [2.05, 4.69) is 6.58 Å². The first-order valence-corrected chi connectivity index (χ1v) is 6.23. The van der Waals surface area contributed by atoms with E-state index in [1.54, 1.807) is 11.9 Å². The monoisotopic (exact) mass is 251 g/mol. The zero-order valence-corrected chi connectivity index (χ0v) is 11.0. The summed E-state index contributed by atoms with van der Waals surface area (Å²) in [5.41, 5.74) is 2.57. The smallest absolute Gasteiger partial charge is 0.253 e. The molecule has 0 unspecified atom stereocenters. The molecule has 0 saturated heterocycles. The van der Waals surface area contributed by atoms with Gasteiger partial charge in [-0.3, -0.25) is 4.79 Å². The van der Waals surface area contributed by atoms with Crippen LogP contribution in [0.3, 0.4) is 0 Å². The highest BCUT2D eigenvalue weighted by Gasteiger charge is 2.14. The van der Waals surface area contributed by atoms with Gasteiger partial charge in [0.25, 0.3) is 5.91 Å². The lowest BCUT2D eigenvalue weighted by molar-refractivity contribution is -0.114. The van der Waals surface area contributed by atoms with E-state index in [-0.39, 0.29) is 5.91 Å². The van der Waals surface area contributed by atoms with Crippen LogP contribution in [0.4, 0.5) is 5.69 Å². The number of hydrogen-bond donors (Lipinski definition) is 0. The summed E-state index contributed by atoms with van der Waals surface area (Å²) in [5, 5.41) is 0. The minimum absolute atomic E-state index is 0.0462. The Morgan fingerprint density at radius 1 is 1.00 bits per heavy atom. The highest BCUT2D eigenvalue weighted by Crippen LogP contribution is 2.15. The van der Waals surface area contributed by atoms with Crippen molar-refractivity contribution in [2.75, 3.05) is 11.9 Å². The molecule has 0 N–H and O–H groups in total. The summed E-state index contributed by atoms with van der Waals surface area (Å²) in [7, 11) is 1.77. The van der Waals surface area contributed by atoms with Gasteiger partial charge in [-0.1, -0.05) is 55.1 Å². The van der Waals surface area contributed by atoms with Crippen molar-refractivity contribution < 1.29 is 4.79 Å². The molecule has 0 aromatic heterocycles. The number of para-hydroxylation sites is 1. The predicted molar refractivity (Wildman–Crippen MR) is 79.1 cm³/mol. The summed E-state index contributed by atoms with van der Waals surface area (Å²) in [6.07, 6.45) is 0.580. The number of amides is 1. The number of hydrogen-bond acceptors (Lipinski definition) is 1. The summed E-state index contributed by atoms with van der Waals surface area (Å²) < 4.78 is 0. The lowest BCUT2D eigenvalue weighted by Gasteiger charge is -2.18. The van der Waals surface area contributed by atoms with E-state index in [4.69, 9.17) is 0 Å². The molecule has 0 fully saturated rings. The predicted octanol–water partition coefficient (Wildman–Crippen LogP) is 3.45. The van der Waals surface area contributed by atoms with Crippen LogP contribution in [0.15, 0.2) is 72.8 Å². The lowest BCUT2D eigenvalue weighted by atomic mass is 10.1. The van der Waals surface area contributed by atoms with Gasteiger partial charge in [0.05, 0.1) is 0 Å². The molecule has 2 nitrogen and oxygen atoms in total. The molecule has 0 aliphatic rings. The van der Waals surface area contributed by atoms with E-state index >= 15 is 0 Å². The van der Waals surface area contributed by atoms with Crippen LogP contribution in [0, 0.1) is 0 Å². The van der Waals surface area contributed by atoms with Gasteiger partial charge in [0.2, 0.25) is 0 Å². The van der Waals surface area contributed by atoms with E-state index < -0.39 is 0 Å². The number of anilines is 1. The first kappa shape index (κ1) is 13.1. The third-order valence-electron chi connectivity index (χ3n) is 3.01. The highest BCUT2D eigenvalue weighted by atomic mass is 16.2. The van der Waals surface area contributed by atoms with Crippen LogP contribution in [-0.2, 0) is 11.2 Å². The molecule has 2 rings (SSSR count). The van der Waals surface area contributed by atoms with Gasteiger partial charge in [0.1, 0.15) is 0 Å². The zero-order chi connectivity index (χ0) is 13.7. The molecule has 19 heavy (non-hydrogen) atoms. The average Bonchev–Trinajstić information content (AvgIpc) is 2.47. The summed E-state index contributed by atoms with van der Waals surface area (Å²) in [6, 6.07) is 19.5. The van der Waals surface area contributed by atoms with E-state index in [1.165, 1.54) is 0 Å². The normalized spacial score (nSPS) is 9.95. The summed E-state index contributed by atoms with van der Waals surface area (Å²) in [4.78, 5) is 13.9. The second kappa shape index (κ2) is 6.01. The molecule has 1 amide bonds. The molecule has 0 aliphatic carbocycles. The first-order chi connectivity index (χ1) is 9.18. The molecule has 2 aromatic carbocycles. The van der Waals surface area contributed by atoms with Crippen LogP contribution >= 0.6 is 0 Å². The molecular formula is C17H17NO. The molecular weight excluding hydrogens is 234 g/mol. The van der Waals surface area contributed by atoms with Crippen molar-refractivity contribution in [3.05, 3.63) is 78.4 Å². The fourth-order valence-corrected chi connectivity index (χ4v) is 1.92. The Labute approximate surface area is 114 Å². The minimum Gasteiger partial charge on any atom is -0.312 e. The minimum atomic E-state index is -0.0462. The van der Waals surface area contributed by atoms with Gasteiger partial charge in [-0.25, -0.2) is 0 Å².